The van der Waals surface area contributed by atoms with E-state index in [-0.39, 0.29) is 5.91 Å². The maximum absolute atomic E-state index is 10.9. The summed E-state index contributed by atoms with van der Waals surface area (Å²) in [5, 5.41) is 2.75. The largest absolute Gasteiger partial charge is 0.492 e. The zero-order valence-corrected chi connectivity index (χ0v) is 12.0. The van der Waals surface area contributed by atoms with Gasteiger partial charge in [-0.05, 0) is 48.9 Å². The summed E-state index contributed by atoms with van der Waals surface area (Å²) in [6.45, 7) is 5.78. The topological polar surface area (TPSA) is 41.6 Å². The second-order valence-electron chi connectivity index (χ2n) is 5.91. The third-order valence-corrected chi connectivity index (χ3v) is 4.41. The molecule has 4 heteroatoms. The second kappa shape index (κ2) is 5.83. The van der Waals surface area contributed by atoms with Gasteiger partial charge in [0, 0.05) is 32.2 Å². The van der Waals surface area contributed by atoms with Crippen LogP contribution >= 0.6 is 0 Å². The number of benzene rings is 1. The van der Waals surface area contributed by atoms with Crippen LogP contribution in [0, 0.1) is 11.8 Å². The quantitative estimate of drug-likeness (QED) is 0.896. The van der Waals surface area contributed by atoms with Crippen LogP contribution in [0.1, 0.15) is 19.8 Å². The third-order valence-electron chi connectivity index (χ3n) is 4.41. The molecule has 0 bridgehead atoms. The van der Waals surface area contributed by atoms with Crippen LogP contribution in [0.25, 0.3) is 0 Å². The first-order chi connectivity index (χ1) is 9.70. The van der Waals surface area contributed by atoms with E-state index >= 15 is 0 Å². The van der Waals surface area contributed by atoms with Crippen LogP contribution in [0.15, 0.2) is 24.3 Å². The molecule has 0 aromatic heterocycles. The maximum atomic E-state index is 10.9. The Morgan fingerprint density at radius 2 is 1.90 bits per heavy atom. The van der Waals surface area contributed by atoms with Gasteiger partial charge in [-0.15, -0.1) is 0 Å². The lowest BCUT2D eigenvalue weighted by Gasteiger charge is -2.28. The van der Waals surface area contributed by atoms with Gasteiger partial charge in [-0.1, -0.05) is 0 Å². The zero-order chi connectivity index (χ0) is 13.9. The molecule has 1 amide bonds. The molecule has 2 unspecified atom stereocenters. The van der Waals surface area contributed by atoms with Crippen LogP contribution in [0.3, 0.4) is 0 Å². The maximum Gasteiger partial charge on any atom is 0.221 e. The van der Waals surface area contributed by atoms with Crippen LogP contribution in [0.5, 0.6) is 5.75 Å². The minimum atomic E-state index is -0.0534. The Bertz CT molecular complexity index is 460. The predicted octanol–water partition coefficient (Wildman–Crippen LogP) is 2.37. The van der Waals surface area contributed by atoms with Crippen LogP contribution < -0.4 is 10.1 Å². The molecule has 2 aliphatic rings. The first-order valence-corrected chi connectivity index (χ1v) is 7.43. The number of hydrogen-bond acceptors (Lipinski definition) is 3. The fraction of sp³-hybridized carbons (Fsp3) is 0.562. The zero-order valence-electron chi connectivity index (χ0n) is 12.0. The highest BCUT2D eigenvalue weighted by Gasteiger charge is 2.38. The van der Waals surface area contributed by atoms with Gasteiger partial charge in [0.05, 0.1) is 0 Å². The first-order valence-electron chi connectivity index (χ1n) is 7.43. The molecular weight excluding hydrogens is 252 g/mol. The highest BCUT2D eigenvalue weighted by Crippen LogP contribution is 2.40. The summed E-state index contributed by atoms with van der Waals surface area (Å²) in [6, 6.07) is 7.54. The molecule has 2 atom stereocenters. The Hall–Kier alpha value is -1.55. The Morgan fingerprint density at radius 1 is 1.25 bits per heavy atom. The van der Waals surface area contributed by atoms with Gasteiger partial charge in [0.1, 0.15) is 12.4 Å². The number of carbonyl (C=O) groups is 1. The van der Waals surface area contributed by atoms with Crippen molar-refractivity contribution in [3.63, 3.8) is 0 Å². The van der Waals surface area contributed by atoms with Crippen molar-refractivity contribution in [1.29, 1.82) is 0 Å². The lowest BCUT2D eigenvalue weighted by atomic mass is 9.77. The molecular formula is C16H22N2O2. The van der Waals surface area contributed by atoms with E-state index in [1.807, 2.05) is 24.3 Å². The normalized spacial score (nSPS) is 24.9. The summed E-state index contributed by atoms with van der Waals surface area (Å²) in [5.74, 6) is 2.74. The Kier molecular flexibility index (Phi) is 3.92. The molecule has 20 heavy (non-hydrogen) atoms. The fourth-order valence-corrected chi connectivity index (χ4v) is 3.17. The SMILES string of the molecule is CC(=O)Nc1ccc(OCCN2CC3CCC3C2)cc1. The molecule has 1 saturated heterocycles. The average Bonchev–Trinajstić information content (AvgIpc) is 2.67. The van der Waals surface area contributed by atoms with Gasteiger partial charge < -0.3 is 10.1 Å². The van der Waals surface area contributed by atoms with E-state index in [1.54, 1.807) is 0 Å². The van der Waals surface area contributed by atoms with Crippen molar-refractivity contribution in [2.45, 2.75) is 19.8 Å². The molecule has 0 radical (unpaired) electrons. The molecule has 1 aliphatic heterocycles. The molecule has 2 fully saturated rings. The summed E-state index contributed by atoms with van der Waals surface area (Å²) >= 11 is 0. The lowest BCUT2D eigenvalue weighted by Crippen LogP contribution is -2.26. The highest BCUT2D eigenvalue weighted by atomic mass is 16.5. The van der Waals surface area contributed by atoms with Gasteiger partial charge in [0.15, 0.2) is 0 Å². The van der Waals surface area contributed by atoms with Crippen molar-refractivity contribution in [1.82, 2.24) is 4.90 Å². The molecule has 0 spiro atoms. The van der Waals surface area contributed by atoms with Gasteiger partial charge in [-0.3, -0.25) is 9.69 Å². The van der Waals surface area contributed by atoms with Crippen molar-refractivity contribution in [3.8, 4) is 5.75 Å². The molecule has 108 valence electrons. The van der Waals surface area contributed by atoms with Gasteiger partial charge in [0.25, 0.3) is 0 Å². The van der Waals surface area contributed by atoms with E-state index in [0.29, 0.717) is 0 Å². The van der Waals surface area contributed by atoms with E-state index in [1.165, 1.54) is 32.9 Å². The van der Waals surface area contributed by atoms with Crippen LogP contribution in [-0.4, -0.2) is 37.0 Å². The summed E-state index contributed by atoms with van der Waals surface area (Å²) < 4.78 is 5.76. The van der Waals surface area contributed by atoms with E-state index in [0.717, 1.165) is 36.4 Å². The summed E-state index contributed by atoms with van der Waals surface area (Å²) in [4.78, 5) is 13.4. The number of rotatable bonds is 5. The number of likely N-dealkylation sites (tertiary alicyclic amines) is 1. The molecule has 1 aromatic carbocycles. The summed E-state index contributed by atoms with van der Waals surface area (Å²) in [5.41, 5.74) is 0.806. The number of amides is 1. The number of anilines is 1. The Morgan fingerprint density at radius 3 is 2.45 bits per heavy atom. The number of hydrogen-bond donors (Lipinski definition) is 1. The van der Waals surface area contributed by atoms with Crippen LogP contribution in [-0.2, 0) is 4.79 Å². The number of fused-ring (bicyclic) bond motifs is 1. The second-order valence-corrected chi connectivity index (χ2v) is 5.91. The van der Waals surface area contributed by atoms with Crippen molar-refractivity contribution < 1.29 is 9.53 Å². The molecule has 4 nitrogen and oxygen atoms in total. The monoisotopic (exact) mass is 274 g/mol. The van der Waals surface area contributed by atoms with E-state index < -0.39 is 0 Å². The van der Waals surface area contributed by atoms with Crippen molar-refractivity contribution in [3.05, 3.63) is 24.3 Å². The standard InChI is InChI=1S/C16H22N2O2/c1-12(19)17-15-4-6-16(7-5-15)20-9-8-18-10-13-2-3-14(13)11-18/h4-7,13-14H,2-3,8-11H2,1H3,(H,17,19). The fourth-order valence-electron chi connectivity index (χ4n) is 3.17. The van der Waals surface area contributed by atoms with E-state index in [2.05, 4.69) is 10.2 Å². The lowest BCUT2D eigenvalue weighted by molar-refractivity contribution is -0.114. The number of nitrogens with zero attached hydrogens (tertiary/aromatic N) is 1. The highest BCUT2D eigenvalue weighted by molar-refractivity contribution is 5.88. The van der Waals surface area contributed by atoms with Gasteiger partial charge >= 0.3 is 0 Å². The minimum Gasteiger partial charge on any atom is -0.492 e. The Balaban J connectivity index is 1.40. The van der Waals surface area contributed by atoms with E-state index in [9.17, 15) is 4.79 Å². The van der Waals surface area contributed by atoms with Crippen LogP contribution in [0.2, 0.25) is 0 Å². The summed E-state index contributed by atoms with van der Waals surface area (Å²) in [7, 11) is 0. The molecule has 1 aliphatic carbocycles. The average molecular weight is 274 g/mol. The van der Waals surface area contributed by atoms with Gasteiger partial charge in [-0.25, -0.2) is 0 Å². The molecule has 1 saturated carbocycles. The number of nitrogens with one attached hydrogen (secondary N) is 1. The number of carbonyl (C=O) groups excluding carboxylic acids is 1. The molecule has 1 aromatic rings. The Labute approximate surface area is 120 Å². The van der Waals surface area contributed by atoms with Crippen molar-refractivity contribution in [2.75, 3.05) is 31.6 Å². The van der Waals surface area contributed by atoms with Crippen LogP contribution in [0.4, 0.5) is 5.69 Å². The summed E-state index contributed by atoms with van der Waals surface area (Å²) in [6.07, 6.45) is 2.85. The number of ether oxygens (including phenoxy) is 1. The van der Waals surface area contributed by atoms with Crippen molar-refractivity contribution >= 4 is 11.6 Å². The smallest absolute Gasteiger partial charge is 0.221 e. The van der Waals surface area contributed by atoms with E-state index in [4.69, 9.17) is 4.74 Å². The van der Waals surface area contributed by atoms with Crippen molar-refractivity contribution in [2.24, 2.45) is 11.8 Å². The van der Waals surface area contributed by atoms with Gasteiger partial charge in [0.2, 0.25) is 5.91 Å². The minimum absolute atomic E-state index is 0.0534. The molecule has 1 heterocycles. The third kappa shape index (κ3) is 3.12. The molecule has 3 rings (SSSR count). The predicted molar refractivity (Wildman–Crippen MR) is 78.9 cm³/mol. The first kappa shape index (κ1) is 13.4. The molecule has 1 N–H and O–H groups in total. The van der Waals surface area contributed by atoms with Gasteiger partial charge in [-0.2, -0.15) is 0 Å².